The zero-order chi connectivity index (χ0) is 14.0. The summed E-state index contributed by atoms with van der Waals surface area (Å²) >= 11 is 0. The number of likely N-dealkylation sites (N-methyl/N-ethyl adjacent to an activating group) is 1. The summed E-state index contributed by atoms with van der Waals surface area (Å²) in [6.07, 6.45) is 0.232. The number of carbonyl (C=O) groups is 2. The van der Waals surface area contributed by atoms with Gasteiger partial charge >= 0.3 is 0 Å². The number of carbonyl (C=O) groups excluding carboxylic acids is 2. The van der Waals surface area contributed by atoms with E-state index >= 15 is 0 Å². The van der Waals surface area contributed by atoms with Crippen molar-refractivity contribution in [2.75, 3.05) is 18.6 Å². The van der Waals surface area contributed by atoms with Crippen LogP contribution in [-0.4, -0.2) is 36.6 Å². The molecule has 1 aromatic rings. The van der Waals surface area contributed by atoms with E-state index in [1.807, 2.05) is 0 Å². The van der Waals surface area contributed by atoms with Gasteiger partial charge in [-0.05, 0) is 31.5 Å². The van der Waals surface area contributed by atoms with Gasteiger partial charge in [0.05, 0.1) is 5.69 Å². The number of ether oxygens (including phenoxy) is 1. The molecule has 1 unspecified atom stereocenters. The van der Waals surface area contributed by atoms with Crippen molar-refractivity contribution in [2.24, 2.45) is 0 Å². The molecule has 0 spiro atoms. The van der Waals surface area contributed by atoms with Gasteiger partial charge < -0.3 is 14.7 Å². The second-order valence-electron chi connectivity index (χ2n) is 4.59. The number of anilines is 1. The molecule has 1 aliphatic heterocycles. The highest BCUT2D eigenvalue weighted by molar-refractivity contribution is 6.02. The Morgan fingerprint density at radius 1 is 1.47 bits per heavy atom. The highest BCUT2D eigenvalue weighted by atomic mass is 16.5. The molecule has 0 fully saturated rings. The lowest BCUT2D eigenvalue weighted by molar-refractivity contribution is -0.125. The number of hydrogen-bond acceptors (Lipinski definition) is 4. The molecule has 5 nitrogen and oxygen atoms in total. The van der Waals surface area contributed by atoms with Gasteiger partial charge in [0.1, 0.15) is 5.75 Å². The summed E-state index contributed by atoms with van der Waals surface area (Å²) in [4.78, 5) is 25.2. The third-order valence-electron chi connectivity index (χ3n) is 3.19. The third-order valence-corrected chi connectivity index (χ3v) is 3.19. The van der Waals surface area contributed by atoms with Crippen molar-refractivity contribution in [3.63, 3.8) is 0 Å². The van der Waals surface area contributed by atoms with Gasteiger partial charge in [0.2, 0.25) is 0 Å². The van der Waals surface area contributed by atoms with E-state index in [1.54, 1.807) is 32.2 Å². The minimum Gasteiger partial charge on any atom is -0.479 e. The predicted molar refractivity (Wildman–Crippen MR) is 70.6 cm³/mol. The van der Waals surface area contributed by atoms with Gasteiger partial charge in [-0.2, -0.15) is 0 Å². The number of fused-ring (bicyclic) bond motifs is 1. The Kier molecular flexibility index (Phi) is 3.85. The number of hydrogen-bond donors (Lipinski definition) is 1. The monoisotopic (exact) mass is 263 g/mol. The van der Waals surface area contributed by atoms with E-state index in [0.29, 0.717) is 29.8 Å². The molecule has 1 heterocycles. The van der Waals surface area contributed by atoms with Gasteiger partial charge in [-0.25, -0.2) is 0 Å². The maximum Gasteiger partial charge on any atom is 0.267 e. The Bertz CT molecular complexity index is 512. The summed E-state index contributed by atoms with van der Waals surface area (Å²) < 4.78 is 5.49. The molecule has 0 aliphatic carbocycles. The van der Waals surface area contributed by atoms with Crippen molar-refractivity contribution >= 4 is 17.4 Å². The molecule has 1 aromatic carbocycles. The number of benzene rings is 1. The standard InChI is InChI=1S/C14H17NO4/c1-9-14(18)15(2)11-8-10(5-6-13(11)19-9)12(17)4-3-7-16/h5-6,8-9,16H,3-4,7H2,1-2H3. The van der Waals surface area contributed by atoms with Crippen LogP contribution in [0.1, 0.15) is 30.1 Å². The summed E-state index contributed by atoms with van der Waals surface area (Å²) in [6, 6.07) is 5.06. The second kappa shape index (κ2) is 5.40. The normalized spacial score (nSPS) is 17.9. The van der Waals surface area contributed by atoms with Crippen LogP contribution in [0.2, 0.25) is 0 Å². The van der Waals surface area contributed by atoms with E-state index in [4.69, 9.17) is 9.84 Å². The van der Waals surface area contributed by atoms with Gasteiger partial charge in [-0.15, -0.1) is 0 Å². The first kappa shape index (κ1) is 13.5. The molecule has 2 rings (SSSR count). The molecule has 19 heavy (non-hydrogen) atoms. The fourth-order valence-corrected chi connectivity index (χ4v) is 2.07. The second-order valence-corrected chi connectivity index (χ2v) is 4.59. The SMILES string of the molecule is CC1Oc2ccc(C(=O)CCCO)cc2N(C)C1=O. The fraction of sp³-hybridized carbons (Fsp3) is 0.429. The number of rotatable bonds is 4. The first-order valence-electron chi connectivity index (χ1n) is 6.27. The smallest absolute Gasteiger partial charge is 0.267 e. The molecule has 1 N–H and O–H groups in total. The lowest BCUT2D eigenvalue weighted by Gasteiger charge is -2.30. The lowest BCUT2D eigenvalue weighted by Crippen LogP contribution is -2.42. The van der Waals surface area contributed by atoms with Crippen molar-refractivity contribution in [1.29, 1.82) is 0 Å². The molecule has 0 radical (unpaired) electrons. The van der Waals surface area contributed by atoms with E-state index in [-0.39, 0.29) is 18.3 Å². The molecular weight excluding hydrogens is 246 g/mol. The first-order chi connectivity index (χ1) is 9.04. The lowest BCUT2D eigenvalue weighted by atomic mass is 10.0. The Labute approximate surface area is 111 Å². The van der Waals surface area contributed by atoms with Crippen LogP contribution in [0.25, 0.3) is 0 Å². The Hall–Kier alpha value is -1.88. The van der Waals surface area contributed by atoms with Crippen LogP contribution >= 0.6 is 0 Å². The maximum atomic E-state index is 11.9. The van der Waals surface area contributed by atoms with Crippen LogP contribution in [0.4, 0.5) is 5.69 Å². The van der Waals surface area contributed by atoms with Gasteiger partial charge in [-0.3, -0.25) is 9.59 Å². The topological polar surface area (TPSA) is 66.8 Å². The van der Waals surface area contributed by atoms with E-state index in [2.05, 4.69) is 0 Å². The van der Waals surface area contributed by atoms with Crippen LogP contribution in [0.15, 0.2) is 18.2 Å². The number of ketones is 1. The third kappa shape index (κ3) is 2.61. The highest BCUT2D eigenvalue weighted by Crippen LogP contribution is 2.34. The van der Waals surface area contributed by atoms with Crippen molar-refractivity contribution in [3.8, 4) is 5.75 Å². The maximum absolute atomic E-state index is 11.9. The fourth-order valence-electron chi connectivity index (χ4n) is 2.07. The van der Waals surface area contributed by atoms with E-state index in [1.165, 1.54) is 4.90 Å². The van der Waals surface area contributed by atoms with E-state index in [9.17, 15) is 9.59 Å². The van der Waals surface area contributed by atoms with E-state index < -0.39 is 6.10 Å². The van der Waals surface area contributed by atoms with Crippen LogP contribution in [0, 0.1) is 0 Å². The molecule has 0 saturated carbocycles. The molecule has 0 bridgehead atoms. The molecular formula is C14H17NO4. The average molecular weight is 263 g/mol. The van der Waals surface area contributed by atoms with Crippen molar-refractivity contribution in [3.05, 3.63) is 23.8 Å². The number of aliphatic hydroxyl groups excluding tert-OH is 1. The summed E-state index contributed by atoms with van der Waals surface area (Å²) in [6.45, 7) is 1.69. The molecule has 1 amide bonds. The number of Topliss-reactive ketones (excluding diaryl/α,β-unsaturated/α-hetero) is 1. The van der Waals surface area contributed by atoms with Crippen molar-refractivity contribution < 1.29 is 19.4 Å². The van der Waals surface area contributed by atoms with E-state index in [0.717, 1.165) is 0 Å². The molecule has 1 atom stereocenters. The quantitative estimate of drug-likeness (QED) is 0.833. The van der Waals surface area contributed by atoms with Crippen LogP contribution in [0.5, 0.6) is 5.75 Å². The van der Waals surface area contributed by atoms with Crippen LogP contribution in [-0.2, 0) is 4.79 Å². The Balaban J connectivity index is 2.28. The number of aliphatic hydroxyl groups is 1. The molecule has 1 aliphatic rings. The van der Waals surface area contributed by atoms with Crippen molar-refractivity contribution in [1.82, 2.24) is 0 Å². The zero-order valence-corrected chi connectivity index (χ0v) is 11.0. The minimum absolute atomic E-state index is 0.00427. The Morgan fingerprint density at radius 3 is 2.89 bits per heavy atom. The average Bonchev–Trinajstić information content (AvgIpc) is 2.42. The first-order valence-corrected chi connectivity index (χ1v) is 6.27. The van der Waals surface area contributed by atoms with Gasteiger partial charge in [0.15, 0.2) is 11.9 Å². The summed E-state index contributed by atoms with van der Waals surface area (Å²) in [5.74, 6) is 0.428. The summed E-state index contributed by atoms with van der Waals surface area (Å²) in [5.41, 5.74) is 1.14. The largest absolute Gasteiger partial charge is 0.479 e. The highest BCUT2D eigenvalue weighted by Gasteiger charge is 2.29. The van der Waals surface area contributed by atoms with Gasteiger partial charge in [0.25, 0.3) is 5.91 Å². The minimum atomic E-state index is -0.506. The Morgan fingerprint density at radius 2 is 2.21 bits per heavy atom. The number of amides is 1. The summed E-state index contributed by atoms with van der Waals surface area (Å²) in [7, 11) is 1.67. The molecule has 5 heteroatoms. The van der Waals surface area contributed by atoms with Gasteiger partial charge in [-0.1, -0.05) is 0 Å². The van der Waals surface area contributed by atoms with Gasteiger partial charge in [0, 0.05) is 25.6 Å². The zero-order valence-electron chi connectivity index (χ0n) is 11.0. The van der Waals surface area contributed by atoms with Crippen LogP contribution in [0.3, 0.4) is 0 Å². The molecule has 0 saturated heterocycles. The van der Waals surface area contributed by atoms with Crippen LogP contribution < -0.4 is 9.64 Å². The predicted octanol–water partition coefficient (Wildman–Crippen LogP) is 1.39. The number of nitrogens with zero attached hydrogens (tertiary/aromatic N) is 1. The molecule has 102 valence electrons. The summed E-state index contributed by atoms with van der Waals surface area (Å²) in [5, 5.41) is 8.73. The van der Waals surface area contributed by atoms with Crippen molar-refractivity contribution in [2.45, 2.75) is 25.9 Å². The molecule has 0 aromatic heterocycles.